The van der Waals surface area contributed by atoms with E-state index in [-0.39, 0.29) is 5.69 Å². The second kappa shape index (κ2) is 6.17. The van der Waals surface area contributed by atoms with Gasteiger partial charge in [-0.05, 0) is 18.6 Å². The van der Waals surface area contributed by atoms with Gasteiger partial charge in [0.05, 0.1) is 31.3 Å². The van der Waals surface area contributed by atoms with Gasteiger partial charge in [-0.25, -0.2) is 0 Å². The molecule has 2 rings (SSSR count). The molecule has 0 bridgehead atoms. The standard InChI is InChI=1S/C14H18N4O3/c1-4-9-12(15)13(18-17-9)14(19)16-10-6-5-8(20-2)7-11(10)21-3/h5-7H,4,15H2,1-3H3,(H,16,19)(H,17,18). The van der Waals surface area contributed by atoms with E-state index in [0.717, 1.165) is 5.69 Å². The third-order valence-electron chi connectivity index (χ3n) is 3.11. The lowest BCUT2D eigenvalue weighted by Crippen LogP contribution is -2.15. The summed E-state index contributed by atoms with van der Waals surface area (Å²) in [6, 6.07) is 5.10. The van der Waals surface area contributed by atoms with Gasteiger partial charge in [-0.1, -0.05) is 6.92 Å². The number of rotatable bonds is 5. The van der Waals surface area contributed by atoms with Crippen molar-refractivity contribution in [3.05, 3.63) is 29.6 Å². The highest BCUT2D eigenvalue weighted by Crippen LogP contribution is 2.29. The Balaban J connectivity index is 2.25. The maximum Gasteiger partial charge on any atom is 0.278 e. The highest BCUT2D eigenvalue weighted by molar-refractivity contribution is 6.07. The van der Waals surface area contributed by atoms with Gasteiger partial charge in [-0.2, -0.15) is 5.10 Å². The van der Waals surface area contributed by atoms with Gasteiger partial charge in [-0.15, -0.1) is 0 Å². The first-order valence-corrected chi connectivity index (χ1v) is 6.46. The molecule has 112 valence electrons. The van der Waals surface area contributed by atoms with E-state index >= 15 is 0 Å². The summed E-state index contributed by atoms with van der Waals surface area (Å²) in [4.78, 5) is 12.2. The van der Waals surface area contributed by atoms with Crippen LogP contribution in [0.15, 0.2) is 18.2 Å². The van der Waals surface area contributed by atoms with Crippen molar-refractivity contribution >= 4 is 17.3 Å². The number of aromatic amines is 1. The zero-order valence-corrected chi connectivity index (χ0v) is 12.2. The molecule has 0 aliphatic carbocycles. The number of aryl methyl sites for hydroxylation is 1. The van der Waals surface area contributed by atoms with Crippen LogP contribution in [0.25, 0.3) is 0 Å². The normalized spacial score (nSPS) is 10.2. The van der Waals surface area contributed by atoms with Gasteiger partial charge >= 0.3 is 0 Å². The molecule has 0 aliphatic rings. The minimum absolute atomic E-state index is 0.171. The highest BCUT2D eigenvalue weighted by atomic mass is 16.5. The Morgan fingerprint density at radius 3 is 2.71 bits per heavy atom. The highest BCUT2D eigenvalue weighted by Gasteiger charge is 2.18. The molecule has 0 saturated carbocycles. The Labute approximate surface area is 122 Å². The summed E-state index contributed by atoms with van der Waals surface area (Å²) in [6.07, 6.45) is 0.679. The van der Waals surface area contributed by atoms with Gasteiger partial charge in [-0.3, -0.25) is 9.89 Å². The fourth-order valence-corrected chi connectivity index (χ4v) is 1.91. The van der Waals surface area contributed by atoms with Crippen molar-refractivity contribution in [2.75, 3.05) is 25.3 Å². The molecule has 0 fully saturated rings. The van der Waals surface area contributed by atoms with Crippen LogP contribution in [0.3, 0.4) is 0 Å². The van der Waals surface area contributed by atoms with Crippen molar-refractivity contribution in [2.45, 2.75) is 13.3 Å². The van der Waals surface area contributed by atoms with Crippen molar-refractivity contribution < 1.29 is 14.3 Å². The Kier molecular flexibility index (Phi) is 4.32. The van der Waals surface area contributed by atoms with Crippen LogP contribution in [0.1, 0.15) is 23.1 Å². The molecular weight excluding hydrogens is 272 g/mol. The minimum Gasteiger partial charge on any atom is -0.497 e. The average Bonchev–Trinajstić information content (AvgIpc) is 2.88. The second-order valence-electron chi connectivity index (χ2n) is 4.34. The van der Waals surface area contributed by atoms with Gasteiger partial charge in [0, 0.05) is 6.07 Å². The summed E-state index contributed by atoms with van der Waals surface area (Å²) in [5, 5.41) is 9.42. The van der Waals surface area contributed by atoms with Crippen molar-refractivity contribution in [1.82, 2.24) is 10.2 Å². The lowest BCUT2D eigenvalue weighted by Gasteiger charge is -2.11. The number of methoxy groups -OCH3 is 2. The molecule has 21 heavy (non-hydrogen) atoms. The smallest absolute Gasteiger partial charge is 0.278 e. The van der Waals surface area contributed by atoms with Crippen LogP contribution >= 0.6 is 0 Å². The summed E-state index contributed by atoms with van der Waals surface area (Å²) >= 11 is 0. The molecule has 2 aromatic rings. The summed E-state index contributed by atoms with van der Waals surface area (Å²) in [7, 11) is 3.08. The summed E-state index contributed by atoms with van der Waals surface area (Å²) in [5.74, 6) is 0.733. The first kappa shape index (κ1) is 14.7. The molecule has 0 spiro atoms. The van der Waals surface area contributed by atoms with Crippen molar-refractivity contribution in [1.29, 1.82) is 0 Å². The molecule has 7 nitrogen and oxygen atoms in total. The number of carbonyl (C=O) groups excluding carboxylic acids is 1. The van der Waals surface area contributed by atoms with Gasteiger partial charge in [0.15, 0.2) is 5.69 Å². The number of hydrogen-bond donors (Lipinski definition) is 3. The molecule has 0 atom stereocenters. The van der Waals surface area contributed by atoms with E-state index in [0.29, 0.717) is 29.3 Å². The molecule has 0 saturated heterocycles. The Hall–Kier alpha value is -2.70. The number of aromatic nitrogens is 2. The van der Waals surface area contributed by atoms with Crippen LogP contribution in [-0.4, -0.2) is 30.3 Å². The molecule has 4 N–H and O–H groups in total. The van der Waals surface area contributed by atoms with Crippen molar-refractivity contribution in [3.8, 4) is 11.5 Å². The quantitative estimate of drug-likeness (QED) is 0.779. The SMILES string of the molecule is CCc1[nH]nc(C(=O)Nc2ccc(OC)cc2OC)c1N. The predicted octanol–water partition coefficient (Wildman–Crippen LogP) is 1.82. The first-order valence-electron chi connectivity index (χ1n) is 6.46. The number of hydrogen-bond acceptors (Lipinski definition) is 5. The second-order valence-corrected chi connectivity index (χ2v) is 4.34. The lowest BCUT2D eigenvalue weighted by atomic mass is 10.2. The number of ether oxygens (including phenoxy) is 2. The maximum absolute atomic E-state index is 12.2. The minimum atomic E-state index is -0.396. The van der Waals surface area contributed by atoms with Gasteiger partial charge in [0.25, 0.3) is 5.91 Å². The van der Waals surface area contributed by atoms with Gasteiger partial charge < -0.3 is 20.5 Å². The van der Waals surface area contributed by atoms with E-state index in [2.05, 4.69) is 15.5 Å². The molecular formula is C14H18N4O3. The molecule has 7 heteroatoms. The van der Waals surface area contributed by atoms with Crippen LogP contribution in [0.2, 0.25) is 0 Å². The Morgan fingerprint density at radius 2 is 2.14 bits per heavy atom. The number of carbonyl (C=O) groups is 1. The number of nitrogens with one attached hydrogen (secondary N) is 2. The van der Waals surface area contributed by atoms with E-state index < -0.39 is 5.91 Å². The van der Waals surface area contributed by atoms with Crippen LogP contribution in [-0.2, 0) is 6.42 Å². The number of nitrogens with two attached hydrogens (primary N) is 1. The predicted molar refractivity (Wildman–Crippen MR) is 79.9 cm³/mol. The number of anilines is 2. The van der Waals surface area contributed by atoms with E-state index in [1.54, 1.807) is 25.3 Å². The summed E-state index contributed by atoms with van der Waals surface area (Å²) in [5.41, 5.74) is 7.67. The largest absolute Gasteiger partial charge is 0.497 e. The van der Waals surface area contributed by atoms with Crippen LogP contribution < -0.4 is 20.5 Å². The van der Waals surface area contributed by atoms with E-state index in [9.17, 15) is 4.79 Å². The van der Waals surface area contributed by atoms with Crippen molar-refractivity contribution in [3.63, 3.8) is 0 Å². The third kappa shape index (κ3) is 2.91. The molecule has 1 amide bonds. The number of nitrogens with zero attached hydrogens (tertiary/aromatic N) is 1. The third-order valence-corrected chi connectivity index (χ3v) is 3.11. The zero-order valence-electron chi connectivity index (χ0n) is 12.2. The molecule has 1 heterocycles. The first-order chi connectivity index (χ1) is 10.1. The molecule has 0 radical (unpaired) electrons. The van der Waals surface area contributed by atoms with Crippen LogP contribution in [0, 0.1) is 0 Å². The number of nitrogen functional groups attached to an aromatic ring is 1. The average molecular weight is 290 g/mol. The van der Waals surface area contributed by atoms with Crippen LogP contribution in [0.4, 0.5) is 11.4 Å². The molecule has 1 aromatic heterocycles. The van der Waals surface area contributed by atoms with E-state index in [1.807, 2.05) is 6.92 Å². The number of benzene rings is 1. The summed E-state index contributed by atoms with van der Waals surface area (Å²) < 4.78 is 10.3. The number of amides is 1. The lowest BCUT2D eigenvalue weighted by molar-refractivity contribution is 0.102. The maximum atomic E-state index is 12.2. The van der Waals surface area contributed by atoms with Gasteiger partial charge in [0.1, 0.15) is 11.5 Å². The molecule has 0 aliphatic heterocycles. The topological polar surface area (TPSA) is 102 Å². The fraction of sp³-hybridized carbons (Fsp3) is 0.286. The summed E-state index contributed by atoms with van der Waals surface area (Å²) in [6.45, 7) is 1.93. The van der Waals surface area contributed by atoms with E-state index in [1.165, 1.54) is 7.11 Å². The monoisotopic (exact) mass is 290 g/mol. The molecule has 1 aromatic carbocycles. The van der Waals surface area contributed by atoms with Crippen molar-refractivity contribution in [2.24, 2.45) is 0 Å². The Bertz CT molecular complexity index is 652. The van der Waals surface area contributed by atoms with E-state index in [4.69, 9.17) is 15.2 Å². The Morgan fingerprint density at radius 1 is 1.38 bits per heavy atom. The zero-order chi connectivity index (χ0) is 15.4. The number of H-pyrrole nitrogens is 1. The van der Waals surface area contributed by atoms with Crippen LogP contribution in [0.5, 0.6) is 11.5 Å². The molecule has 0 unspecified atom stereocenters. The fourth-order valence-electron chi connectivity index (χ4n) is 1.91. The van der Waals surface area contributed by atoms with Gasteiger partial charge in [0.2, 0.25) is 0 Å².